The lowest BCUT2D eigenvalue weighted by Gasteiger charge is -2.29. The SMILES string of the molecule is CC1(CO)C(O)[C@H](n2ccc(N)nc2=O)O[C@@H]1CO. The highest BCUT2D eigenvalue weighted by atomic mass is 16.5. The molecule has 0 radical (unpaired) electrons. The molecule has 0 amide bonds. The van der Waals surface area contributed by atoms with Crippen molar-refractivity contribution >= 4 is 5.82 Å². The molecule has 2 unspecified atom stereocenters. The Morgan fingerprint density at radius 3 is 2.74 bits per heavy atom. The molecule has 8 heteroatoms. The lowest BCUT2D eigenvalue weighted by Crippen LogP contribution is -2.43. The first kappa shape index (κ1) is 13.9. The molecule has 1 aromatic heterocycles. The highest BCUT2D eigenvalue weighted by Gasteiger charge is 2.53. The monoisotopic (exact) mass is 271 g/mol. The number of nitrogens with two attached hydrogens (primary N) is 1. The van der Waals surface area contributed by atoms with E-state index in [1.807, 2.05) is 0 Å². The summed E-state index contributed by atoms with van der Waals surface area (Å²) in [4.78, 5) is 15.3. The second kappa shape index (κ2) is 4.89. The molecule has 106 valence electrons. The van der Waals surface area contributed by atoms with Crippen molar-refractivity contribution in [3.05, 3.63) is 22.7 Å². The van der Waals surface area contributed by atoms with Crippen LogP contribution in [-0.4, -0.2) is 50.3 Å². The number of aromatic nitrogens is 2. The van der Waals surface area contributed by atoms with Gasteiger partial charge in [-0.05, 0) is 6.07 Å². The zero-order chi connectivity index (χ0) is 14.2. The van der Waals surface area contributed by atoms with Crippen LogP contribution in [0.2, 0.25) is 0 Å². The third-order valence-corrected chi connectivity index (χ3v) is 3.62. The quantitative estimate of drug-likeness (QED) is 0.503. The van der Waals surface area contributed by atoms with E-state index in [2.05, 4.69) is 4.98 Å². The van der Waals surface area contributed by atoms with Gasteiger partial charge in [-0.2, -0.15) is 4.98 Å². The van der Waals surface area contributed by atoms with E-state index in [0.717, 1.165) is 4.57 Å². The highest BCUT2D eigenvalue weighted by molar-refractivity contribution is 5.23. The molecule has 1 aliphatic heterocycles. The van der Waals surface area contributed by atoms with E-state index in [0.29, 0.717) is 0 Å². The van der Waals surface area contributed by atoms with E-state index in [9.17, 15) is 20.1 Å². The van der Waals surface area contributed by atoms with Crippen LogP contribution in [0.1, 0.15) is 13.2 Å². The van der Waals surface area contributed by atoms with E-state index in [1.54, 1.807) is 6.92 Å². The molecule has 1 aliphatic rings. The number of rotatable bonds is 3. The smallest absolute Gasteiger partial charge is 0.351 e. The Bertz CT molecular complexity index is 519. The van der Waals surface area contributed by atoms with Gasteiger partial charge in [0.1, 0.15) is 11.9 Å². The molecule has 0 aliphatic carbocycles. The van der Waals surface area contributed by atoms with Crippen LogP contribution in [0.3, 0.4) is 0 Å². The fraction of sp³-hybridized carbons (Fsp3) is 0.636. The minimum atomic E-state index is -1.15. The van der Waals surface area contributed by atoms with Gasteiger partial charge in [0.2, 0.25) is 0 Å². The van der Waals surface area contributed by atoms with Crippen LogP contribution < -0.4 is 11.4 Å². The van der Waals surface area contributed by atoms with Crippen molar-refractivity contribution in [2.24, 2.45) is 5.41 Å². The van der Waals surface area contributed by atoms with Crippen molar-refractivity contribution in [2.75, 3.05) is 18.9 Å². The molecule has 5 N–H and O–H groups in total. The molecule has 0 saturated carbocycles. The molecule has 19 heavy (non-hydrogen) atoms. The summed E-state index contributed by atoms with van der Waals surface area (Å²) in [5.74, 6) is 0.0670. The van der Waals surface area contributed by atoms with Crippen molar-refractivity contribution < 1.29 is 20.1 Å². The molecule has 1 aromatic rings. The predicted molar refractivity (Wildman–Crippen MR) is 65.1 cm³/mol. The maximum Gasteiger partial charge on any atom is 0.351 e. The number of aliphatic hydroxyl groups is 3. The van der Waals surface area contributed by atoms with E-state index in [4.69, 9.17) is 10.5 Å². The van der Waals surface area contributed by atoms with Gasteiger partial charge < -0.3 is 25.8 Å². The van der Waals surface area contributed by atoms with Gasteiger partial charge in [0.25, 0.3) is 0 Å². The highest BCUT2D eigenvalue weighted by Crippen LogP contribution is 2.42. The molecule has 1 fully saturated rings. The molecule has 2 heterocycles. The van der Waals surface area contributed by atoms with Crippen LogP contribution in [0.25, 0.3) is 0 Å². The summed E-state index contributed by atoms with van der Waals surface area (Å²) in [6.07, 6.45) is -1.59. The van der Waals surface area contributed by atoms with Crippen LogP contribution in [0.15, 0.2) is 17.1 Å². The Hall–Kier alpha value is -1.48. The van der Waals surface area contributed by atoms with Gasteiger partial charge in [-0.15, -0.1) is 0 Å². The van der Waals surface area contributed by atoms with Gasteiger partial charge in [0.05, 0.1) is 19.3 Å². The van der Waals surface area contributed by atoms with Crippen molar-refractivity contribution in [1.29, 1.82) is 0 Å². The zero-order valence-electron chi connectivity index (χ0n) is 10.4. The number of hydrogen-bond acceptors (Lipinski definition) is 7. The number of ether oxygens (including phenoxy) is 1. The third-order valence-electron chi connectivity index (χ3n) is 3.62. The molecule has 0 bridgehead atoms. The van der Waals surface area contributed by atoms with E-state index >= 15 is 0 Å². The number of anilines is 1. The minimum Gasteiger partial charge on any atom is -0.396 e. The minimum absolute atomic E-state index is 0.0670. The Morgan fingerprint density at radius 1 is 1.58 bits per heavy atom. The Balaban J connectivity index is 2.39. The van der Waals surface area contributed by atoms with Crippen molar-refractivity contribution in [3.63, 3.8) is 0 Å². The topological polar surface area (TPSA) is 131 Å². The van der Waals surface area contributed by atoms with Gasteiger partial charge in [0, 0.05) is 11.6 Å². The lowest BCUT2D eigenvalue weighted by atomic mass is 9.81. The first-order chi connectivity index (χ1) is 8.93. The first-order valence-electron chi connectivity index (χ1n) is 5.84. The summed E-state index contributed by atoms with van der Waals surface area (Å²) in [6, 6.07) is 1.40. The predicted octanol–water partition coefficient (Wildman–Crippen LogP) is -1.93. The third kappa shape index (κ3) is 2.12. The molecule has 4 atom stereocenters. The van der Waals surface area contributed by atoms with E-state index < -0.39 is 29.5 Å². The van der Waals surface area contributed by atoms with Gasteiger partial charge in [0.15, 0.2) is 6.23 Å². The fourth-order valence-corrected chi connectivity index (χ4v) is 2.20. The van der Waals surface area contributed by atoms with E-state index in [-0.39, 0.29) is 19.0 Å². The van der Waals surface area contributed by atoms with Crippen molar-refractivity contribution in [3.8, 4) is 0 Å². The molecule has 0 spiro atoms. The van der Waals surface area contributed by atoms with Crippen molar-refractivity contribution in [2.45, 2.75) is 25.4 Å². The molecule has 2 rings (SSSR count). The lowest BCUT2D eigenvalue weighted by molar-refractivity contribution is -0.0571. The largest absolute Gasteiger partial charge is 0.396 e. The summed E-state index contributed by atoms with van der Waals surface area (Å²) in [5, 5.41) is 28.9. The van der Waals surface area contributed by atoms with Gasteiger partial charge in [-0.1, -0.05) is 6.92 Å². The van der Waals surface area contributed by atoms with Crippen molar-refractivity contribution in [1.82, 2.24) is 9.55 Å². The molecular formula is C11H17N3O5. The number of hydrogen-bond donors (Lipinski definition) is 4. The average Bonchev–Trinajstić information content (AvgIpc) is 2.63. The van der Waals surface area contributed by atoms with Gasteiger partial charge >= 0.3 is 5.69 Å². The molecule has 1 saturated heterocycles. The summed E-state index contributed by atoms with van der Waals surface area (Å²) in [5.41, 5.74) is 3.67. The standard InChI is InChI=1S/C11H17N3O5/c1-11(5-16)6(4-15)19-9(8(11)17)14-3-2-7(12)13-10(14)18/h2-3,6,8-9,15-17H,4-5H2,1H3,(H2,12,13,18)/t6-,8?,9-,11?/m1/s1. The summed E-state index contributed by atoms with van der Waals surface area (Å²) in [6.45, 7) is 0.823. The number of nitrogens with zero attached hydrogens (tertiary/aromatic N) is 2. The van der Waals surface area contributed by atoms with Crippen LogP contribution in [0, 0.1) is 5.41 Å². The van der Waals surface area contributed by atoms with Crippen LogP contribution in [0.4, 0.5) is 5.82 Å². The van der Waals surface area contributed by atoms with Gasteiger partial charge in [-0.25, -0.2) is 4.79 Å². The maximum absolute atomic E-state index is 11.7. The maximum atomic E-state index is 11.7. The number of aliphatic hydroxyl groups excluding tert-OH is 3. The molecule has 0 aromatic carbocycles. The van der Waals surface area contributed by atoms with Crippen LogP contribution in [-0.2, 0) is 4.74 Å². The summed E-state index contributed by atoms with van der Waals surface area (Å²) < 4.78 is 6.55. The summed E-state index contributed by atoms with van der Waals surface area (Å²) in [7, 11) is 0. The second-order valence-corrected chi connectivity index (χ2v) is 4.85. The first-order valence-corrected chi connectivity index (χ1v) is 5.84. The Morgan fingerprint density at radius 2 is 2.26 bits per heavy atom. The van der Waals surface area contributed by atoms with E-state index in [1.165, 1.54) is 12.3 Å². The Kier molecular flexibility index (Phi) is 3.59. The normalized spacial score (nSPS) is 34.6. The van der Waals surface area contributed by atoms with Crippen LogP contribution >= 0.6 is 0 Å². The van der Waals surface area contributed by atoms with Gasteiger partial charge in [-0.3, -0.25) is 4.57 Å². The van der Waals surface area contributed by atoms with Crippen LogP contribution in [0.5, 0.6) is 0 Å². The molecule has 8 nitrogen and oxygen atoms in total. The fourth-order valence-electron chi connectivity index (χ4n) is 2.20. The number of nitrogen functional groups attached to an aromatic ring is 1. The zero-order valence-corrected chi connectivity index (χ0v) is 10.4. The Labute approximate surface area is 109 Å². The average molecular weight is 271 g/mol. The summed E-state index contributed by atoms with van der Waals surface area (Å²) >= 11 is 0. The second-order valence-electron chi connectivity index (χ2n) is 4.85. The molecular weight excluding hydrogens is 254 g/mol.